The maximum Gasteiger partial charge on any atom is 0.222 e. The van der Waals surface area contributed by atoms with Gasteiger partial charge in [-0.25, -0.2) is 0 Å². The summed E-state index contributed by atoms with van der Waals surface area (Å²) in [5.74, 6) is -0.0554. The minimum absolute atomic E-state index is 0.0554. The summed E-state index contributed by atoms with van der Waals surface area (Å²) in [6.07, 6.45) is 8.35. The molecule has 0 aliphatic rings. The molecule has 0 heterocycles. The number of amides is 1. The van der Waals surface area contributed by atoms with E-state index in [2.05, 4.69) is 6.92 Å². The Kier molecular flexibility index (Phi) is 14.8. The lowest BCUT2D eigenvalue weighted by molar-refractivity contribution is -0.133. The van der Waals surface area contributed by atoms with E-state index in [1.165, 1.54) is 43.4 Å². The van der Waals surface area contributed by atoms with Crippen molar-refractivity contribution < 1.29 is 19.7 Å². The maximum atomic E-state index is 11.6. The van der Waals surface area contributed by atoms with Gasteiger partial charge in [0.05, 0.1) is 19.3 Å². The number of rotatable bonds is 15. The van der Waals surface area contributed by atoms with E-state index in [9.17, 15) is 9.90 Å². The van der Waals surface area contributed by atoms with Crippen LogP contribution in [-0.4, -0.2) is 60.0 Å². The van der Waals surface area contributed by atoms with Crippen molar-refractivity contribution in [2.75, 3.05) is 32.9 Å². The van der Waals surface area contributed by atoms with Gasteiger partial charge < -0.3 is 19.8 Å². The molecule has 5 nitrogen and oxygen atoms in total. The first-order chi connectivity index (χ1) is 10.7. The lowest BCUT2D eigenvalue weighted by Crippen LogP contribution is -2.40. The van der Waals surface area contributed by atoms with Crippen LogP contribution < -0.4 is 0 Å². The first-order valence-corrected chi connectivity index (χ1v) is 8.80. The molecular formula is C17H35NO4. The monoisotopic (exact) mass is 317 g/mol. The predicted octanol–water partition coefficient (Wildman–Crippen LogP) is 2.35. The standard InChI is InChI=1S/C17H35NO4/c1-3-5-6-7-8-9-10-13-22-15-16(20)14-18(11-12-19)17(21)4-2/h16,19-20H,3-15H2,1-2H3. The maximum absolute atomic E-state index is 11.6. The first-order valence-electron chi connectivity index (χ1n) is 8.80. The molecule has 1 unspecified atom stereocenters. The Balaban J connectivity index is 3.59. The average Bonchev–Trinajstić information content (AvgIpc) is 2.52. The molecule has 0 aromatic carbocycles. The minimum atomic E-state index is -0.688. The zero-order valence-electron chi connectivity index (χ0n) is 14.4. The van der Waals surface area contributed by atoms with Crippen molar-refractivity contribution in [1.29, 1.82) is 0 Å². The van der Waals surface area contributed by atoms with Gasteiger partial charge in [0.1, 0.15) is 0 Å². The second-order valence-corrected chi connectivity index (χ2v) is 5.77. The van der Waals surface area contributed by atoms with Gasteiger partial charge in [0.15, 0.2) is 0 Å². The number of ether oxygens (including phenoxy) is 1. The highest BCUT2D eigenvalue weighted by Gasteiger charge is 2.15. The molecule has 5 heteroatoms. The largest absolute Gasteiger partial charge is 0.395 e. The van der Waals surface area contributed by atoms with Gasteiger partial charge in [0, 0.05) is 26.1 Å². The Morgan fingerprint density at radius 1 is 1.09 bits per heavy atom. The predicted molar refractivity (Wildman–Crippen MR) is 88.8 cm³/mol. The van der Waals surface area contributed by atoms with E-state index < -0.39 is 6.10 Å². The third kappa shape index (κ3) is 12.0. The molecule has 2 N–H and O–H groups in total. The number of unbranched alkanes of at least 4 members (excludes halogenated alkanes) is 6. The van der Waals surface area contributed by atoms with Gasteiger partial charge in [-0.15, -0.1) is 0 Å². The molecule has 0 saturated heterocycles. The number of nitrogens with zero attached hydrogens (tertiary/aromatic N) is 1. The van der Waals surface area contributed by atoms with Crippen LogP contribution in [0.2, 0.25) is 0 Å². The van der Waals surface area contributed by atoms with Crippen LogP contribution in [-0.2, 0) is 9.53 Å². The molecule has 0 rings (SSSR count). The molecule has 22 heavy (non-hydrogen) atoms. The fourth-order valence-electron chi connectivity index (χ4n) is 2.35. The molecule has 0 aliphatic heterocycles. The van der Waals surface area contributed by atoms with E-state index in [4.69, 9.17) is 9.84 Å². The van der Waals surface area contributed by atoms with Crippen molar-refractivity contribution in [2.45, 2.75) is 71.3 Å². The van der Waals surface area contributed by atoms with E-state index in [-0.39, 0.29) is 32.2 Å². The molecule has 0 aromatic rings. The van der Waals surface area contributed by atoms with Crippen molar-refractivity contribution in [3.8, 4) is 0 Å². The van der Waals surface area contributed by atoms with E-state index in [1.54, 1.807) is 6.92 Å². The van der Waals surface area contributed by atoms with Gasteiger partial charge in [-0.05, 0) is 6.42 Å². The lowest BCUT2D eigenvalue weighted by Gasteiger charge is -2.24. The van der Waals surface area contributed by atoms with E-state index >= 15 is 0 Å². The average molecular weight is 317 g/mol. The summed E-state index contributed by atoms with van der Waals surface area (Å²) in [7, 11) is 0. The second-order valence-electron chi connectivity index (χ2n) is 5.77. The fourth-order valence-corrected chi connectivity index (χ4v) is 2.35. The van der Waals surface area contributed by atoms with E-state index in [0.717, 1.165) is 6.42 Å². The smallest absolute Gasteiger partial charge is 0.222 e. The molecule has 0 spiro atoms. The molecule has 1 atom stereocenters. The summed E-state index contributed by atoms with van der Waals surface area (Å²) in [6.45, 7) is 5.30. The van der Waals surface area contributed by atoms with Crippen LogP contribution in [0.15, 0.2) is 0 Å². The van der Waals surface area contributed by atoms with Gasteiger partial charge in [0.2, 0.25) is 5.91 Å². The molecule has 0 saturated carbocycles. The number of aliphatic hydroxyl groups is 2. The first kappa shape index (κ1) is 21.4. The van der Waals surface area contributed by atoms with Gasteiger partial charge in [0.25, 0.3) is 0 Å². The lowest BCUT2D eigenvalue weighted by atomic mass is 10.1. The SMILES string of the molecule is CCCCCCCCCOCC(O)CN(CCO)C(=O)CC. The molecule has 0 radical (unpaired) electrons. The van der Waals surface area contributed by atoms with Gasteiger partial charge in [-0.1, -0.05) is 52.4 Å². The van der Waals surface area contributed by atoms with Gasteiger partial charge >= 0.3 is 0 Å². The Morgan fingerprint density at radius 3 is 2.32 bits per heavy atom. The minimum Gasteiger partial charge on any atom is -0.395 e. The van der Waals surface area contributed by atoms with Crippen molar-refractivity contribution in [2.24, 2.45) is 0 Å². The summed E-state index contributed by atoms with van der Waals surface area (Å²) in [6, 6.07) is 0. The Morgan fingerprint density at radius 2 is 1.73 bits per heavy atom. The second kappa shape index (κ2) is 15.3. The van der Waals surface area contributed by atoms with Crippen molar-refractivity contribution in [3.63, 3.8) is 0 Å². The number of hydrogen-bond acceptors (Lipinski definition) is 4. The summed E-state index contributed by atoms with van der Waals surface area (Å²) in [4.78, 5) is 13.1. The van der Waals surface area contributed by atoms with Crippen LogP contribution in [0.4, 0.5) is 0 Å². The Labute approximate surface area is 135 Å². The number of aliphatic hydroxyl groups excluding tert-OH is 2. The topological polar surface area (TPSA) is 70.0 Å². The van der Waals surface area contributed by atoms with Crippen LogP contribution in [0, 0.1) is 0 Å². The summed E-state index contributed by atoms with van der Waals surface area (Å²) < 4.78 is 5.47. The number of carbonyl (C=O) groups is 1. The van der Waals surface area contributed by atoms with Crippen LogP contribution in [0.5, 0.6) is 0 Å². The number of hydrogen-bond donors (Lipinski definition) is 2. The van der Waals surface area contributed by atoms with Gasteiger partial charge in [-0.3, -0.25) is 4.79 Å². The molecule has 0 aromatic heterocycles. The summed E-state index contributed by atoms with van der Waals surface area (Å²) in [5.41, 5.74) is 0. The highest BCUT2D eigenvalue weighted by Crippen LogP contribution is 2.07. The van der Waals surface area contributed by atoms with Crippen LogP contribution in [0.3, 0.4) is 0 Å². The molecule has 0 aliphatic carbocycles. The van der Waals surface area contributed by atoms with Crippen LogP contribution >= 0.6 is 0 Å². The third-order valence-corrected chi connectivity index (χ3v) is 3.66. The van der Waals surface area contributed by atoms with Crippen LogP contribution in [0.25, 0.3) is 0 Å². The molecular weight excluding hydrogens is 282 g/mol. The van der Waals surface area contributed by atoms with Gasteiger partial charge in [-0.2, -0.15) is 0 Å². The van der Waals surface area contributed by atoms with Crippen LogP contribution in [0.1, 0.15) is 65.2 Å². The van der Waals surface area contributed by atoms with Crippen molar-refractivity contribution >= 4 is 5.91 Å². The Bertz CT molecular complexity index is 261. The third-order valence-electron chi connectivity index (χ3n) is 3.66. The van der Waals surface area contributed by atoms with E-state index in [0.29, 0.717) is 13.0 Å². The molecule has 132 valence electrons. The van der Waals surface area contributed by atoms with E-state index in [1.807, 2.05) is 0 Å². The summed E-state index contributed by atoms with van der Waals surface area (Å²) >= 11 is 0. The highest BCUT2D eigenvalue weighted by atomic mass is 16.5. The van der Waals surface area contributed by atoms with Crippen molar-refractivity contribution in [1.82, 2.24) is 4.90 Å². The fraction of sp³-hybridized carbons (Fsp3) is 0.941. The molecule has 0 fully saturated rings. The normalized spacial score (nSPS) is 12.4. The Hall–Kier alpha value is -0.650. The zero-order chi connectivity index (χ0) is 16.6. The van der Waals surface area contributed by atoms with Crippen molar-refractivity contribution in [3.05, 3.63) is 0 Å². The summed E-state index contributed by atoms with van der Waals surface area (Å²) in [5, 5.41) is 18.8. The highest BCUT2D eigenvalue weighted by molar-refractivity contribution is 5.75. The quantitative estimate of drug-likeness (QED) is 0.455. The number of carbonyl (C=O) groups excluding carboxylic acids is 1. The zero-order valence-corrected chi connectivity index (χ0v) is 14.4. The molecule has 1 amide bonds. The molecule has 0 bridgehead atoms.